The highest BCUT2D eigenvalue weighted by Crippen LogP contribution is 2.31. The van der Waals surface area contributed by atoms with Crippen LogP contribution in [0.4, 0.5) is 20.4 Å². The van der Waals surface area contributed by atoms with Crippen molar-refractivity contribution in [2.45, 2.75) is 44.3 Å². The highest BCUT2D eigenvalue weighted by atomic mass is 35.5. The Labute approximate surface area is 185 Å². The van der Waals surface area contributed by atoms with Crippen molar-refractivity contribution in [3.05, 3.63) is 71.0 Å². The lowest BCUT2D eigenvalue weighted by molar-refractivity contribution is 0.410. The second-order valence-electron chi connectivity index (χ2n) is 7.82. The molecule has 0 atom stereocenters. The smallest absolute Gasteiger partial charge is 0.131 e. The first-order valence-electron chi connectivity index (χ1n) is 10.3. The number of hydrogen-bond acceptors (Lipinski definition) is 5. The molecule has 1 fully saturated rings. The van der Waals surface area contributed by atoms with Gasteiger partial charge in [-0.05, 0) is 55.5 Å². The molecule has 2 aromatic heterocycles. The van der Waals surface area contributed by atoms with E-state index < -0.39 is 11.6 Å². The van der Waals surface area contributed by atoms with Crippen LogP contribution in [0.5, 0.6) is 0 Å². The summed E-state index contributed by atoms with van der Waals surface area (Å²) in [6, 6.07) is 9.77. The lowest BCUT2D eigenvalue weighted by atomic mass is 9.92. The molecule has 0 saturated heterocycles. The van der Waals surface area contributed by atoms with E-state index in [0.29, 0.717) is 22.4 Å². The van der Waals surface area contributed by atoms with Crippen molar-refractivity contribution in [2.75, 3.05) is 10.6 Å². The van der Waals surface area contributed by atoms with Gasteiger partial charge in [-0.3, -0.25) is 0 Å². The molecule has 0 spiro atoms. The summed E-state index contributed by atoms with van der Waals surface area (Å²) in [6.45, 7) is 0.184. The molecule has 0 aliphatic heterocycles. The summed E-state index contributed by atoms with van der Waals surface area (Å²) < 4.78 is 27.0. The highest BCUT2D eigenvalue weighted by Gasteiger charge is 2.19. The molecule has 1 saturated carbocycles. The lowest BCUT2D eigenvalue weighted by Gasteiger charge is -2.27. The Bertz CT molecular complexity index is 1050. The SMILES string of the molecule is NC1CCC(Nc2cc(-c3ccnc(NCc4ccc(F)cc4F)c3)c(Cl)cn2)CC1. The molecule has 2 heterocycles. The summed E-state index contributed by atoms with van der Waals surface area (Å²) in [5.74, 6) is 0.124. The topological polar surface area (TPSA) is 75.9 Å². The molecular weight excluding hydrogens is 420 g/mol. The highest BCUT2D eigenvalue weighted by molar-refractivity contribution is 6.33. The van der Waals surface area contributed by atoms with Crippen LogP contribution >= 0.6 is 11.6 Å². The summed E-state index contributed by atoms with van der Waals surface area (Å²) >= 11 is 6.42. The molecule has 1 aromatic carbocycles. The lowest BCUT2D eigenvalue weighted by Crippen LogP contribution is -2.33. The Morgan fingerprint density at radius 3 is 2.58 bits per heavy atom. The fourth-order valence-corrected chi connectivity index (χ4v) is 3.97. The normalized spacial score (nSPS) is 18.6. The van der Waals surface area contributed by atoms with Crippen LogP contribution in [0.3, 0.4) is 0 Å². The van der Waals surface area contributed by atoms with Gasteiger partial charge in [0.05, 0.1) is 5.02 Å². The fraction of sp³-hybridized carbons (Fsp3) is 0.304. The molecule has 31 heavy (non-hydrogen) atoms. The third-order valence-corrected chi connectivity index (χ3v) is 5.83. The van der Waals surface area contributed by atoms with Gasteiger partial charge in [0.25, 0.3) is 0 Å². The number of halogens is 3. The van der Waals surface area contributed by atoms with Crippen LogP contribution in [0.1, 0.15) is 31.2 Å². The minimum atomic E-state index is -0.603. The number of anilines is 2. The van der Waals surface area contributed by atoms with Gasteiger partial charge < -0.3 is 16.4 Å². The van der Waals surface area contributed by atoms with Gasteiger partial charge in [-0.25, -0.2) is 18.7 Å². The fourth-order valence-electron chi connectivity index (χ4n) is 3.76. The van der Waals surface area contributed by atoms with Crippen LogP contribution < -0.4 is 16.4 Å². The van der Waals surface area contributed by atoms with E-state index in [2.05, 4.69) is 20.6 Å². The van der Waals surface area contributed by atoms with Crippen LogP contribution in [-0.2, 0) is 6.54 Å². The zero-order valence-electron chi connectivity index (χ0n) is 16.9. The number of nitrogens with two attached hydrogens (primary N) is 1. The van der Waals surface area contributed by atoms with Crippen molar-refractivity contribution in [3.8, 4) is 11.1 Å². The van der Waals surface area contributed by atoms with Crippen molar-refractivity contribution in [1.29, 1.82) is 0 Å². The Morgan fingerprint density at radius 1 is 1.00 bits per heavy atom. The number of aromatic nitrogens is 2. The Hall–Kier alpha value is -2.77. The molecule has 0 radical (unpaired) electrons. The van der Waals surface area contributed by atoms with Gasteiger partial charge in [0, 0.05) is 48.2 Å². The molecule has 5 nitrogen and oxygen atoms in total. The third kappa shape index (κ3) is 5.48. The molecule has 1 aliphatic carbocycles. The number of pyridine rings is 2. The third-order valence-electron chi connectivity index (χ3n) is 5.53. The van der Waals surface area contributed by atoms with E-state index >= 15 is 0 Å². The average molecular weight is 444 g/mol. The van der Waals surface area contributed by atoms with Gasteiger partial charge in [0.1, 0.15) is 23.3 Å². The zero-order chi connectivity index (χ0) is 21.8. The van der Waals surface area contributed by atoms with Crippen LogP contribution in [0.15, 0.2) is 48.8 Å². The van der Waals surface area contributed by atoms with Crippen LogP contribution in [-0.4, -0.2) is 22.1 Å². The summed E-state index contributed by atoms with van der Waals surface area (Å²) in [5, 5.41) is 7.08. The van der Waals surface area contributed by atoms with Crippen LogP contribution in [0.25, 0.3) is 11.1 Å². The minimum absolute atomic E-state index is 0.184. The van der Waals surface area contributed by atoms with E-state index in [0.717, 1.165) is 48.7 Å². The average Bonchev–Trinajstić information content (AvgIpc) is 2.76. The van der Waals surface area contributed by atoms with Crippen molar-refractivity contribution < 1.29 is 8.78 Å². The Kier molecular flexibility index (Phi) is 6.63. The van der Waals surface area contributed by atoms with Gasteiger partial charge in [-0.15, -0.1) is 0 Å². The summed E-state index contributed by atoms with van der Waals surface area (Å²) in [7, 11) is 0. The summed E-state index contributed by atoms with van der Waals surface area (Å²) in [6.07, 6.45) is 7.34. The summed E-state index contributed by atoms with van der Waals surface area (Å²) in [4.78, 5) is 8.70. The predicted octanol–water partition coefficient (Wildman–Crippen LogP) is 5.37. The predicted molar refractivity (Wildman–Crippen MR) is 120 cm³/mol. The molecule has 3 aromatic rings. The van der Waals surface area contributed by atoms with E-state index in [1.807, 2.05) is 18.2 Å². The quantitative estimate of drug-likeness (QED) is 0.477. The minimum Gasteiger partial charge on any atom is -0.367 e. The van der Waals surface area contributed by atoms with Gasteiger partial charge in [-0.1, -0.05) is 17.7 Å². The summed E-state index contributed by atoms with van der Waals surface area (Å²) in [5.41, 5.74) is 8.03. The second kappa shape index (κ2) is 9.58. The zero-order valence-corrected chi connectivity index (χ0v) is 17.7. The van der Waals surface area contributed by atoms with E-state index in [9.17, 15) is 8.78 Å². The van der Waals surface area contributed by atoms with Gasteiger partial charge in [0.15, 0.2) is 0 Å². The molecule has 8 heteroatoms. The largest absolute Gasteiger partial charge is 0.367 e. The molecule has 4 N–H and O–H groups in total. The van der Waals surface area contributed by atoms with Crippen molar-refractivity contribution in [3.63, 3.8) is 0 Å². The molecule has 162 valence electrons. The Morgan fingerprint density at radius 2 is 1.81 bits per heavy atom. The first-order valence-corrected chi connectivity index (χ1v) is 10.7. The van der Waals surface area contributed by atoms with E-state index in [4.69, 9.17) is 17.3 Å². The van der Waals surface area contributed by atoms with E-state index in [1.165, 1.54) is 12.1 Å². The molecule has 4 rings (SSSR count). The Balaban J connectivity index is 1.48. The molecule has 0 unspecified atom stereocenters. The number of rotatable bonds is 6. The van der Waals surface area contributed by atoms with Crippen molar-refractivity contribution >= 4 is 23.2 Å². The van der Waals surface area contributed by atoms with Gasteiger partial charge >= 0.3 is 0 Å². The standard InChI is InChI=1S/C23H24ClF2N5/c24-20-13-30-23(31-18-5-3-17(27)4-6-18)11-19(20)14-7-8-28-22(9-14)29-12-15-1-2-16(25)10-21(15)26/h1-2,7-11,13,17-18H,3-6,12,27H2,(H,28,29)(H,30,31). The van der Waals surface area contributed by atoms with Crippen LogP contribution in [0, 0.1) is 11.6 Å². The van der Waals surface area contributed by atoms with Gasteiger partial charge in [-0.2, -0.15) is 0 Å². The van der Waals surface area contributed by atoms with Crippen molar-refractivity contribution in [2.24, 2.45) is 5.73 Å². The maximum atomic E-state index is 13.9. The first-order chi connectivity index (χ1) is 15.0. The molecule has 1 aliphatic rings. The first kappa shape index (κ1) is 21.5. The van der Waals surface area contributed by atoms with Crippen LogP contribution in [0.2, 0.25) is 5.02 Å². The molecule has 0 bridgehead atoms. The number of benzene rings is 1. The number of nitrogens with one attached hydrogen (secondary N) is 2. The number of nitrogens with zero attached hydrogens (tertiary/aromatic N) is 2. The maximum Gasteiger partial charge on any atom is 0.131 e. The molecular formula is C23H24ClF2N5. The molecule has 0 amide bonds. The van der Waals surface area contributed by atoms with E-state index in [-0.39, 0.29) is 12.6 Å². The monoisotopic (exact) mass is 443 g/mol. The van der Waals surface area contributed by atoms with Crippen molar-refractivity contribution in [1.82, 2.24) is 9.97 Å². The van der Waals surface area contributed by atoms with Gasteiger partial charge in [0.2, 0.25) is 0 Å². The maximum absolute atomic E-state index is 13.9. The second-order valence-corrected chi connectivity index (χ2v) is 8.23. The number of hydrogen-bond donors (Lipinski definition) is 3. The van der Waals surface area contributed by atoms with E-state index in [1.54, 1.807) is 12.4 Å².